The number of hydrogen-bond donors (Lipinski definition) is 3. The lowest BCUT2D eigenvalue weighted by Crippen LogP contribution is -2.49. The second-order valence-corrected chi connectivity index (χ2v) is 9.98. The number of aromatic amines is 1. The van der Waals surface area contributed by atoms with Crippen molar-refractivity contribution in [1.82, 2.24) is 29.9 Å². The maximum atomic E-state index is 6.81. The van der Waals surface area contributed by atoms with E-state index in [-0.39, 0.29) is 17.5 Å². The molecule has 0 aliphatic heterocycles. The van der Waals surface area contributed by atoms with Crippen LogP contribution in [0.3, 0.4) is 0 Å². The van der Waals surface area contributed by atoms with Gasteiger partial charge in [-0.15, -0.1) is 0 Å². The summed E-state index contributed by atoms with van der Waals surface area (Å²) in [6.45, 7) is 2.19. The van der Waals surface area contributed by atoms with Gasteiger partial charge in [0.1, 0.15) is 0 Å². The molecule has 3 aromatic rings. The van der Waals surface area contributed by atoms with Crippen molar-refractivity contribution in [2.75, 3.05) is 5.32 Å². The Kier molecular flexibility index (Phi) is 5.67. The van der Waals surface area contributed by atoms with Gasteiger partial charge in [-0.2, -0.15) is 10.2 Å². The second kappa shape index (κ2) is 8.48. The van der Waals surface area contributed by atoms with Gasteiger partial charge in [0.05, 0.1) is 29.3 Å². The number of aryl methyl sites for hydroxylation is 1. The van der Waals surface area contributed by atoms with Gasteiger partial charge in [-0.25, -0.2) is 9.97 Å². The van der Waals surface area contributed by atoms with Gasteiger partial charge in [-0.3, -0.25) is 9.78 Å². The van der Waals surface area contributed by atoms with E-state index < -0.39 is 0 Å². The monoisotopic (exact) mass is 454 g/mol. The number of anilines is 1. The fraction of sp³-hybridized carbons (Fsp3) is 0.565. The van der Waals surface area contributed by atoms with E-state index in [1.165, 1.54) is 24.1 Å². The minimum atomic E-state index is -0.221. The topological polar surface area (TPSA) is 110 Å². The van der Waals surface area contributed by atoms with E-state index in [4.69, 9.17) is 22.3 Å². The molecule has 0 bridgehead atoms. The SMILES string of the molecule is CC(c1cn[nH]c1)C1(N)CCC(Nc2ncc(Cl)c(-c3cnn(C)c3CC3CC3)n2)CC1. The van der Waals surface area contributed by atoms with Crippen molar-refractivity contribution in [3.63, 3.8) is 0 Å². The molecule has 1 atom stereocenters. The van der Waals surface area contributed by atoms with Gasteiger partial charge in [0.15, 0.2) is 0 Å². The molecule has 9 heteroatoms. The first-order chi connectivity index (χ1) is 15.4. The van der Waals surface area contributed by atoms with E-state index in [0.717, 1.165) is 49.3 Å². The number of nitrogens with one attached hydrogen (secondary N) is 2. The summed E-state index contributed by atoms with van der Waals surface area (Å²) >= 11 is 6.51. The zero-order valence-electron chi connectivity index (χ0n) is 18.7. The van der Waals surface area contributed by atoms with E-state index in [2.05, 4.69) is 32.5 Å². The first-order valence-electron chi connectivity index (χ1n) is 11.5. The molecule has 0 spiro atoms. The maximum Gasteiger partial charge on any atom is 0.223 e. The zero-order chi connectivity index (χ0) is 22.3. The molecule has 4 N–H and O–H groups in total. The fourth-order valence-electron chi connectivity index (χ4n) is 4.87. The van der Waals surface area contributed by atoms with E-state index in [9.17, 15) is 0 Å². The largest absolute Gasteiger partial charge is 0.351 e. The smallest absolute Gasteiger partial charge is 0.223 e. The highest BCUT2D eigenvalue weighted by Crippen LogP contribution is 2.39. The summed E-state index contributed by atoms with van der Waals surface area (Å²) in [5.41, 5.74) is 10.7. The summed E-state index contributed by atoms with van der Waals surface area (Å²) in [5.74, 6) is 1.63. The summed E-state index contributed by atoms with van der Waals surface area (Å²) in [7, 11) is 1.99. The van der Waals surface area contributed by atoms with Crippen molar-refractivity contribution in [1.29, 1.82) is 0 Å². The van der Waals surface area contributed by atoms with E-state index >= 15 is 0 Å². The highest BCUT2D eigenvalue weighted by molar-refractivity contribution is 6.32. The number of aromatic nitrogens is 6. The van der Waals surface area contributed by atoms with Crippen LogP contribution in [-0.4, -0.2) is 41.5 Å². The molecule has 8 nitrogen and oxygen atoms in total. The normalized spacial score (nSPS) is 24.4. The quantitative estimate of drug-likeness (QED) is 0.496. The molecule has 0 radical (unpaired) electrons. The Labute approximate surface area is 193 Å². The second-order valence-electron chi connectivity index (χ2n) is 9.57. The lowest BCUT2D eigenvalue weighted by molar-refractivity contribution is 0.244. The Morgan fingerprint density at radius 3 is 2.72 bits per heavy atom. The number of H-pyrrole nitrogens is 1. The fourth-order valence-corrected chi connectivity index (χ4v) is 5.06. The van der Waals surface area contributed by atoms with E-state index in [1.807, 2.05) is 30.3 Å². The Morgan fingerprint density at radius 2 is 2.03 bits per heavy atom. The molecule has 2 fully saturated rings. The minimum Gasteiger partial charge on any atom is -0.351 e. The predicted molar refractivity (Wildman–Crippen MR) is 125 cm³/mol. The van der Waals surface area contributed by atoms with Crippen molar-refractivity contribution in [2.24, 2.45) is 18.7 Å². The molecular weight excluding hydrogens is 424 g/mol. The van der Waals surface area contributed by atoms with Crippen LogP contribution in [0.25, 0.3) is 11.3 Å². The molecule has 0 amide bonds. The molecule has 32 heavy (non-hydrogen) atoms. The molecule has 2 aliphatic rings. The molecule has 170 valence electrons. The zero-order valence-corrected chi connectivity index (χ0v) is 19.4. The molecule has 2 saturated carbocycles. The summed E-state index contributed by atoms with van der Waals surface area (Å²) in [6, 6.07) is 0.289. The van der Waals surface area contributed by atoms with Crippen LogP contribution in [-0.2, 0) is 13.5 Å². The van der Waals surface area contributed by atoms with Crippen LogP contribution in [0.2, 0.25) is 5.02 Å². The van der Waals surface area contributed by atoms with Crippen LogP contribution in [0.15, 0.2) is 24.8 Å². The van der Waals surface area contributed by atoms with Crippen molar-refractivity contribution >= 4 is 17.5 Å². The van der Waals surface area contributed by atoms with Gasteiger partial charge < -0.3 is 11.1 Å². The third kappa shape index (κ3) is 4.26. The molecule has 1 unspecified atom stereocenters. The summed E-state index contributed by atoms with van der Waals surface area (Å²) in [5, 5.41) is 15.5. The Balaban J connectivity index is 1.28. The number of halogens is 1. The predicted octanol–water partition coefficient (Wildman–Crippen LogP) is 4.06. The van der Waals surface area contributed by atoms with Crippen LogP contribution in [0.1, 0.15) is 62.6 Å². The van der Waals surface area contributed by atoms with Gasteiger partial charge in [0.25, 0.3) is 0 Å². The van der Waals surface area contributed by atoms with E-state index in [1.54, 1.807) is 6.20 Å². The maximum absolute atomic E-state index is 6.81. The summed E-state index contributed by atoms with van der Waals surface area (Å²) < 4.78 is 1.95. The van der Waals surface area contributed by atoms with Crippen molar-refractivity contribution in [3.05, 3.63) is 41.1 Å². The number of nitrogens with two attached hydrogens (primary N) is 1. The van der Waals surface area contributed by atoms with Crippen LogP contribution >= 0.6 is 11.6 Å². The first kappa shape index (κ1) is 21.4. The van der Waals surface area contributed by atoms with Crippen molar-refractivity contribution in [3.8, 4) is 11.3 Å². The Hall–Kier alpha value is -2.45. The highest BCUT2D eigenvalue weighted by atomic mass is 35.5. The molecule has 5 rings (SSSR count). The third-order valence-electron chi connectivity index (χ3n) is 7.37. The van der Waals surface area contributed by atoms with Gasteiger partial charge in [0.2, 0.25) is 5.95 Å². The number of rotatable bonds is 7. The average molecular weight is 455 g/mol. The Morgan fingerprint density at radius 1 is 1.25 bits per heavy atom. The first-order valence-corrected chi connectivity index (χ1v) is 11.9. The third-order valence-corrected chi connectivity index (χ3v) is 7.65. The van der Waals surface area contributed by atoms with Crippen molar-refractivity contribution in [2.45, 2.75) is 69.4 Å². The molecule has 3 heterocycles. The summed E-state index contributed by atoms with van der Waals surface area (Å²) in [6.07, 6.45) is 14.8. The lowest BCUT2D eigenvalue weighted by atomic mass is 9.71. The van der Waals surface area contributed by atoms with E-state index in [0.29, 0.717) is 11.0 Å². The highest BCUT2D eigenvalue weighted by Gasteiger charge is 2.37. The van der Waals surface area contributed by atoms with Gasteiger partial charge in [-0.1, -0.05) is 18.5 Å². The lowest BCUT2D eigenvalue weighted by Gasteiger charge is -2.41. The molecule has 2 aliphatic carbocycles. The minimum absolute atomic E-state index is 0.221. The van der Waals surface area contributed by atoms with Crippen LogP contribution < -0.4 is 11.1 Å². The van der Waals surface area contributed by atoms with Gasteiger partial charge in [0, 0.05) is 42.0 Å². The number of nitrogens with zero attached hydrogens (tertiary/aromatic N) is 5. The van der Waals surface area contributed by atoms with Gasteiger partial charge >= 0.3 is 0 Å². The molecule has 3 aromatic heterocycles. The van der Waals surface area contributed by atoms with Gasteiger partial charge in [-0.05, 0) is 56.4 Å². The number of hydrogen-bond acceptors (Lipinski definition) is 6. The molecule has 0 aromatic carbocycles. The van der Waals surface area contributed by atoms with Crippen LogP contribution in [0.5, 0.6) is 0 Å². The standard InChI is InChI=1S/C23H31ClN8/c1-14(16-10-27-28-11-16)23(25)7-5-17(6-8-23)30-22-26-13-19(24)21(31-22)18-12-29-32(2)20(18)9-15-3-4-15/h10-15,17H,3-9,25H2,1-2H3,(H,27,28)(H,26,30,31). The molecular formula is C23H31ClN8. The molecule has 0 saturated heterocycles. The average Bonchev–Trinajstić information content (AvgIpc) is 3.30. The summed E-state index contributed by atoms with van der Waals surface area (Å²) in [4.78, 5) is 9.25. The van der Waals surface area contributed by atoms with Crippen molar-refractivity contribution < 1.29 is 0 Å². The van der Waals surface area contributed by atoms with Crippen LogP contribution in [0, 0.1) is 5.92 Å². The van der Waals surface area contributed by atoms with Crippen LogP contribution in [0.4, 0.5) is 5.95 Å². The Bertz CT molecular complexity index is 1060.